The summed E-state index contributed by atoms with van der Waals surface area (Å²) >= 11 is 4.07. The van der Waals surface area contributed by atoms with Gasteiger partial charge in [-0.2, -0.15) is 12.6 Å². The molecule has 0 N–H and O–H groups in total. The maximum absolute atomic E-state index is 12.1. The van der Waals surface area contributed by atoms with E-state index in [-0.39, 0.29) is 5.91 Å². The van der Waals surface area contributed by atoms with E-state index in [2.05, 4.69) is 12.6 Å². The molecule has 0 saturated carbocycles. The first-order valence-electron chi connectivity index (χ1n) is 5.99. The third kappa shape index (κ3) is 2.79. The minimum Gasteiger partial charge on any atom is -0.479 e. The number of ether oxygens (including phenoxy) is 2. The lowest BCUT2D eigenvalue weighted by Crippen LogP contribution is -2.45. The standard InChI is InChI=1S/C13H17NO3S/c1-10-13(15)14(6-7-16-8-9-18)11-4-2-3-5-12(11)17-10/h2-5,10,18H,6-9H2,1H3. The first-order chi connectivity index (χ1) is 8.74. The molecule has 98 valence electrons. The van der Waals surface area contributed by atoms with Crippen LogP contribution in [0.25, 0.3) is 0 Å². The lowest BCUT2D eigenvalue weighted by atomic mass is 10.2. The highest BCUT2D eigenvalue weighted by Gasteiger charge is 2.30. The summed E-state index contributed by atoms with van der Waals surface area (Å²) in [4.78, 5) is 13.8. The van der Waals surface area contributed by atoms with E-state index >= 15 is 0 Å². The van der Waals surface area contributed by atoms with Gasteiger partial charge in [0.05, 0.1) is 18.9 Å². The molecule has 1 unspecified atom stereocenters. The fourth-order valence-electron chi connectivity index (χ4n) is 1.91. The average Bonchev–Trinajstić information content (AvgIpc) is 2.38. The zero-order chi connectivity index (χ0) is 13.0. The van der Waals surface area contributed by atoms with E-state index in [0.29, 0.717) is 25.5 Å². The van der Waals surface area contributed by atoms with E-state index < -0.39 is 6.10 Å². The number of fused-ring (bicyclic) bond motifs is 1. The molecule has 2 rings (SSSR count). The summed E-state index contributed by atoms with van der Waals surface area (Å²) in [6, 6.07) is 7.56. The van der Waals surface area contributed by atoms with Gasteiger partial charge in [-0.1, -0.05) is 12.1 Å². The predicted octanol–water partition coefficient (Wildman–Crippen LogP) is 1.75. The van der Waals surface area contributed by atoms with Gasteiger partial charge < -0.3 is 14.4 Å². The van der Waals surface area contributed by atoms with Crippen LogP contribution in [0, 0.1) is 0 Å². The SMILES string of the molecule is CC1Oc2ccccc2N(CCOCCS)C1=O. The summed E-state index contributed by atoms with van der Waals surface area (Å²) in [6.07, 6.45) is -0.440. The van der Waals surface area contributed by atoms with Gasteiger partial charge in [-0.25, -0.2) is 0 Å². The fraction of sp³-hybridized carbons (Fsp3) is 0.462. The Morgan fingerprint density at radius 2 is 2.17 bits per heavy atom. The van der Waals surface area contributed by atoms with Crippen molar-refractivity contribution in [3.8, 4) is 5.75 Å². The van der Waals surface area contributed by atoms with Crippen molar-refractivity contribution in [1.82, 2.24) is 0 Å². The van der Waals surface area contributed by atoms with E-state index in [1.54, 1.807) is 11.8 Å². The molecule has 0 bridgehead atoms. The van der Waals surface area contributed by atoms with Crippen LogP contribution in [0.4, 0.5) is 5.69 Å². The molecule has 18 heavy (non-hydrogen) atoms. The van der Waals surface area contributed by atoms with Gasteiger partial charge in [-0.3, -0.25) is 4.79 Å². The van der Waals surface area contributed by atoms with E-state index in [1.165, 1.54) is 0 Å². The minimum absolute atomic E-state index is 0.0248. The van der Waals surface area contributed by atoms with Gasteiger partial charge in [0.1, 0.15) is 5.75 Å². The Morgan fingerprint density at radius 3 is 2.94 bits per heavy atom. The first-order valence-corrected chi connectivity index (χ1v) is 6.63. The number of thiol groups is 1. The molecule has 1 aliphatic heterocycles. The van der Waals surface area contributed by atoms with E-state index in [9.17, 15) is 4.79 Å². The molecule has 5 heteroatoms. The molecule has 0 radical (unpaired) electrons. The van der Waals surface area contributed by atoms with Gasteiger partial charge in [0.25, 0.3) is 5.91 Å². The lowest BCUT2D eigenvalue weighted by Gasteiger charge is -2.32. The Kier molecular flexibility index (Phi) is 4.49. The number of rotatable bonds is 5. The van der Waals surface area contributed by atoms with Crippen molar-refractivity contribution in [2.45, 2.75) is 13.0 Å². The van der Waals surface area contributed by atoms with Crippen molar-refractivity contribution in [2.24, 2.45) is 0 Å². The van der Waals surface area contributed by atoms with Gasteiger partial charge in [-0.15, -0.1) is 0 Å². The normalized spacial score (nSPS) is 18.4. The number of hydrogen-bond acceptors (Lipinski definition) is 4. The Labute approximate surface area is 112 Å². The van der Waals surface area contributed by atoms with Crippen LogP contribution in [0.15, 0.2) is 24.3 Å². The molecule has 1 atom stereocenters. The van der Waals surface area contributed by atoms with E-state index in [1.807, 2.05) is 24.3 Å². The molecule has 0 spiro atoms. The maximum Gasteiger partial charge on any atom is 0.267 e. The summed E-state index contributed by atoms with van der Waals surface area (Å²) in [6.45, 7) is 3.41. The Hall–Kier alpha value is -1.20. The molecular weight excluding hydrogens is 250 g/mol. The van der Waals surface area contributed by atoms with Gasteiger partial charge in [0.2, 0.25) is 0 Å². The van der Waals surface area contributed by atoms with Crippen molar-refractivity contribution in [2.75, 3.05) is 30.4 Å². The number of amides is 1. The summed E-state index contributed by atoms with van der Waals surface area (Å²) in [5.41, 5.74) is 0.815. The number of nitrogens with zero attached hydrogens (tertiary/aromatic N) is 1. The van der Waals surface area contributed by atoms with Crippen molar-refractivity contribution in [3.63, 3.8) is 0 Å². The molecule has 0 saturated heterocycles. The molecule has 1 amide bonds. The number of para-hydroxylation sites is 2. The van der Waals surface area contributed by atoms with Crippen LogP contribution in [-0.2, 0) is 9.53 Å². The lowest BCUT2D eigenvalue weighted by molar-refractivity contribution is -0.125. The zero-order valence-corrected chi connectivity index (χ0v) is 11.2. The third-order valence-corrected chi connectivity index (χ3v) is 2.95. The fourth-order valence-corrected chi connectivity index (χ4v) is 2.04. The van der Waals surface area contributed by atoms with Crippen LogP contribution in [0.2, 0.25) is 0 Å². The van der Waals surface area contributed by atoms with Gasteiger partial charge in [0, 0.05) is 12.3 Å². The second-order valence-corrected chi connectivity index (χ2v) is 4.50. The number of benzene rings is 1. The zero-order valence-electron chi connectivity index (χ0n) is 10.3. The van der Waals surface area contributed by atoms with Gasteiger partial charge in [-0.05, 0) is 19.1 Å². The second-order valence-electron chi connectivity index (χ2n) is 4.05. The van der Waals surface area contributed by atoms with Crippen LogP contribution in [0.5, 0.6) is 5.75 Å². The molecule has 1 heterocycles. The van der Waals surface area contributed by atoms with Crippen LogP contribution in [0.3, 0.4) is 0 Å². The summed E-state index contributed by atoms with van der Waals surface area (Å²) in [7, 11) is 0. The van der Waals surface area contributed by atoms with Gasteiger partial charge in [0.15, 0.2) is 6.10 Å². The highest BCUT2D eigenvalue weighted by Crippen LogP contribution is 2.33. The molecular formula is C13H17NO3S. The van der Waals surface area contributed by atoms with Crippen molar-refractivity contribution in [1.29, 1.82) is 0 Å². The minimum atomic E-state index is -0.440. The van der Waals surface area contributed by atoms with Crippen molar-refractivity contribution in [3.05, 3.63) is 24.3 Å². The van der Waals surface area contributed by atoms with Crippen LogP contribution in [0.1, 0.15) is 6.92 Å². The number of carbonyl (C=O) groups is 1. The van der Waals surface area contributed by atoms with Gasteiger partial charge >= 0.3 is 0 Å². The van der Waals surface area contributed by atoms with Crippen LogP contribution < -0.4 is 9.64 Å². The molecule has 0 aliphatic carbocycles. The second kappa shape index (κ2) is 6.11. The van der Waals surface area contributed by atoms with Crippen LogP contribution in [-0.4, -0.2) is 37.5 Å². The number of hydrogen-bond donors (Lipinski definition) is 1. The van der Waals surface area contributed by atoms with E-state index in [0.717, 1.165) is 11.4 Å². The van der Waals surface area contributed by atoms with Crippen molar-refractivity contribution >= 4 is 24.2 Å². The quantitative estimate of drug-likeness (QED) is 0.652. The largest absolute Gasteiger partial charge is 0.479 e. The average molecular weight is 267 g/mol. The Morgan fingerprint density at radius 1 is 1.39 bits per heavy atom. The number of anilines is 1. The highest BCUT2D eigenvalue weighted by atomic mass is 32.1. The monoisotopic (exact) mass is 267 g/mol. The summed E-state index contributed by atoms with van der Waals surface area (Å²) < 4.78 is 10.9. The first kappa shape index (κ1) is 13.2. The Balaban J connectivity index is 2.09. The number of carbonyl (C=O) groups excluding carboxylic acids is 1. The summed E-state index contributed by atoms with van der Waals surface area (Å²) in [5, 5.41) is 0. The van der Waals surface area contributed by atoms with Crippen molar-refractivity contribution < 1.29 is 14.3 Å². The molecule has 4 nitrogen and oxygen atoms in total. The molecule has 1 aliphatic rings. The predicted molar refractivity (Wildman–Crippen MR) is 73.6 cm³/mol. The Bertz CT molecular complexity index is 424. The highest BCUT2D eigenvalue weighted by molar-refractivity contribution is 7.80. The molecule has 0 fully saturated rings. The molecule has 1 aromatic carbocycles. The topological polar surface area (TPSA) is 38.8 Å². The van der Waals surface area contributed by atoms with Crippen LogP contribution >= 0.6 is 12.6 Å². The summed E-state index contributed by atoms with van der Waals surface area (Å²) in [5.74, 6) is 1.41. The third-order valence-electron chi connectivity index (χ3n) is 2.77. The van der Waals surface area contributed by atoms with E-state index in [4.69, 9.17) is 9.47 Å². The molecule has 0 aromatic heterocycles. The maximum atomic E-state index is 12.1. The smallest absolute Gasteiger partial charge is 0.267 e. The molecule has 1 aromatic rings.